The molecule has 0 amide bonds. The standard InChI is InChI=1S/C10H12BrNO.ClH/c1-7-6-13-10(12-7)8-4-2-3-5-9(8)11;/h2-5,7,10,12H,6H2,1H3;1H. The first-order valence-electron chi connectivity index (χ1n) is 4.39. The smallest absolute Gasteiger partial charge is 0.135 e. The largest absolute Gasteiger partial charge is 0.357 e. The van der Waals surface area contributed by atoms with Gasteiger partial charge in [-0.1, -0.05) is 34.1 Å². The number of ether oxygens (including phenoxy) is 1. The van der Waals surface area contributed by atoms with Crippen molar-refractivity contribution in [1.82, 2.24) is 5.32 Å². The first-order valence-corrected chi connectivity index (χ1v) is 5.19. The number of rotatable bonds is 1. The van der Waals surface area contributed by atoms with Crippen molar-refractivity contribution in [2.24, 2.45) is 0 Å². The molecule has 2 atom stereocenters. The molecular formula is C10H13BrClNO. The maximum Gasteiger partial charge on any atom is 0.135 e. The van der Waals surface area contributed by atoms with Crippen molar-refractivity contribution in [3.8, 4) is 0 Å². The summed E-state index contributed by atoms with van der Waals surface area (Å²) in [7, 11) is 0. The molecule has 78 valence electrons. The van der Waals surface area contributed by atoms with E-state index in [2.05, 4.69) is 34.2 Å². The number of hydrogen-bond acceptors (Lipinski definition) is 2. The topological polar surface area (TPSA) is 21.3 Å². The Labute approximate surface area is 98.6 Å². The summed E-state index contributed by atoms with van der Waals surface area (Å²) in [6, 6.07) is 8.57. The molecule has 0 radical (unpaired) electrons. The summed E-state index contributed by atoms with van der Waals surface area (Å²) in [5.74, 6) is 0. The lowest BCUT2D eigenvalue weighted by Crippen LogP contribution is -2.22. The van der Waals surface area contributed by atoms with Gasteiger partial charge in [0, 0.05) is 16.1 Å². The van der Waals surface area contributed by atoms with Crippen LogP contribution in [0.1, 0.15) is 18.7 Å². The average Bonchev–Trinajstić information content (AvgIpc) is 2.53. The number of nitrogens with one attached hydrogen (secondary N) is 1. The average molecular weight is 279 g/mol. The van der Waals surface area contributed by atoms with Crippen LogP contribution in [-0.2, 0) is 4.74 Å². The Morgan fingerprint density at radius 2 is 2.14 bits per heavy atom. The van der Waals surface area contributed by atoms with E-state index in [1.165, 1.54) is 5.56 Å². The Morgan fingerprint density at radius 1 is 1.43 bits per heavy atom. The minimum atomic E-state index is 0. The normalized spacial score (nSPS) is 25.9. The molecule has 0 saturated carbocycles. The highest BCUT2D eigenvalue weighted by Gasteiger charge is 2.23. The van der Waals surface area contributed by atoms with Crippen LogP contribution in [-0.4, -0.2) is 12.6 Å². The highest BCUT2D eigenvalue weighted by molar-refractivity contribution is 9.10. The molecule has 1 aromatic carbocycles. The molecule has 4 heteroatoms. The van der Waals surface area contributed by atoms with E-state index in [0.29, 0.717) is 6.04 Å². The molecule has 1 aromatic rings. The number of hydrogen-bond donors (Lipinski definition) is 1. The van der Waals surface area contributed by atoms with Crippen LogP contribution in [0.4, 0.5) is 0 Å². The summed E-state index contributed by atoms with van der Waals surface area (Å²) in [6.45, 7) is 2.91. The summed E-state index contributed by atoms with van der Waals surface area (Å²) in [5.41, 5.74) is 1.17. The van der Waals surface area contributed by atoms with E-state index in [0.717, 1.165) is 11.1 Å². The molecule has 2 unspecified atom stereocenters. The van der Waals surface area contributed by atoms with E-state index in [1.54, 1.807) is 0 Å². The Balaban J connectivity index is 0.000000980. The van der Waals surface area contributed by atoms with Gasteiger partial charge in [0.05, 0.1) is 6.61 Å². The zero-order valence-electron chi connectivity index (χ0n) is 7.87. The summed E-state index contributed by atoms with van der Waals surface area (Å²) >= 11 is 3.51. The van der Waals surface area contributed by atoms with Crippen LogP contribution < -0.4 is 5.32 Å². The third kappa shape index (κ3) is 2.48. The molecule has 2 rings (SSSR count). The van der Waals surface area contributed by atoms with E-state index < -0.39 is 0 Å². The molecule has 1 heterocycles. The highest BCUT2D eigenvalue weighted by Crippen LogP contribution is 2.26. The van der Waals surface area contributed by atoms with E-state index >= 15 is 0 Å². The first-order chi connectivity index (χ1) is 6.27. The number of halogens is 2. The van der Waals surface area contributed by atoms with Crippen molar-refractivity contribution in [2.45, 2.75) is 19.2 Å². The Hall–Kier alpha value is -0.0900. The van der Waals surface area contributed by atoms with Gasteiger partial charge in [-0.2, -0.15) is 0 Å². The van der Waals surface area contributed by atoms with Gasteiger partial charge in [0.1, 0.15) is 6.23 Å². The molecule has 14 heavy (non-hydrogen) atoms. The minimum Gasteiger partial charge on any atom is -0.357 e. The van der Waals surface area contributed by atoms with Crippen LogP contribution in [0.5, 0.6) is 0 Å². The molecule has 0 spiro atoms. The van der Waals surface area contributed by atoms with E-state index in [-0.39, 0.29) is 18.6 Å². The second-order valence-electron chi connectivity index (χ2n) is 3.30. The van der Waals surface area contributed by atoms with Crippen molar-refractivity contribution in [3.05, 3.63) is 34.3 Å². The maximum absolute atomic E-state index is 5.59. The van der Waals surface area contributed by atoms with Gasteiger partial charge in [0.25, 0.3) is 0 Å². The first kappa shape index (κ1) is 12.0. The summed E-state index contributed by atoms with van der Waals surface area (Å²) in [5, 5.41) is 3.36. The lowest BCUT2D eigenvalue weighted by Gasteiger charge is -2.12. The van der Waals surface area contributed by atoms with Gasteiger partial charge >= 0.3 is 0 Å². The maximum atomic E-state index is 5.59. The summed E-state index contributed by atoms with van der Waals surface area (Å²) in [6.07, 6.45) is 0.0468. The minimum absolute atomic E-state index is 0. The summed E-state index contributed by atoms with van der Waals surface area (Å²) in [4.78, 5) is 0. The third-order valence-electron chi connectivity index (χ3n) is 2.14. The SMILES string of the molecule is CC1COC(c2ccccc2Br)N1.Cl. The van der Waals surface area contributed by atoms with Crippen molar-refractivity contribution < 1.29 is 4.74 Å². The monoisotopic (exact) mass is 277 g/mol. The van der Waals surface area contributed by atoms with Gasteiger partial charge in [-0.15, -0.1) is 12.4 Å². The zero-order chi connectivity index (χ0) is 9.26. The van der Waals surface area contributed by atoms with Gasteiger partial charge in [-0.3, -0.25) is 5.32 Å². The van der Waals surface area contributed by atoms with Gasteiger partial charge in [-0.05, 0) is 13.0 Å². The fraction of sp³-hybridized carbons (Fsp3) is 0.400. The summed E-state index contributed by atoms with van der Waals surface area (Å²) < 4.78 is 6.69. The van der Waals surface area contributed by atoms with Gasteiger partial charge in [0.15, 0.2) is 0 Å². The van der Waals surface area contributed by atoms with Crippen LogP contribution in [0.15, 0.2) is 28.7 Å². The second kappa shape index (κ2) is 5.12. The van der Waals surface area contributed by atoms with Crippen molar-refractivity contribution >= 4 is 28.3 Å². The van der Waals surface area contributed by atoms with E-state index in [9.17, 15) is 0 Å². The molecule has 1 N–H and O–H groups in total. The molecule has 0 aromatic heterocycles. The molecule has 2 nitrogen and oxygen atoms in total. The van der Waals surface area contributed by atoms with Crippen molar-refractivity contribution in [2.75, 3.05) is 6.61 Å². The molecule has 1 saturated heterocycles. The third-order valence-corrected chi connectivity index (χ3v) is 2.86. The quantitative estimate of drug-likeness (QED) is 0.853. The Morgan fingerprint density at radius 3 is 2.71 bits per heavy atom. The van der Waals surface area contributed by atoms with Crippen molar-refractivity contribution in [1.29, 1.82) is 0 Å². The number of benzene rings is 1. The lowest BCUT2D eigenvalue weighted by molar-refractivity contribution is 0.100. The van der Waals surface area contributed by atoms with E-state index in [4.69, 9.17) is 4.74 Å². The molecular weight excluding hydrogens is 265 g/mol. The molecule has 0 bridgehead atoms. The molecule has 0 aliphatic carbocycles. The Bertz CT molecular complexity index is 308. The second-order valence-corrected chi connectivity index (χ2v) is 4.16. The fourth-order valence-corrected chi connectivity index (χ4v) is 1.96. The van der Waals surface area contributed by atoms with Crippen LogP contribution in [0.2, 0.25) is 0 Å². The van der Waals surface area contributed by atoms with Crippen LogP contribution in [0, 0.1) is 0 Å². The van der Waals surface area contributed by atoms with Crippen LogP contribution in [0.3, 0.4) is 0 Å². The Kier molecular flexibility index (Phi) is 4.38. The highest BCUT2D eigenvalue weighted by atomic mass is 79.9. The zero-order valence-corrected chi connectivity index (χ0v) is 10.3. The lowest BCUT2D eigenvalue weighted by atomic mass is 10.2. The van der Waals surface area contributed by atoms with E-state index in [1.807, 2.05) is 18.2 Å². The molecule has 1 fully saturated rings. The molecule has 1 aliphatic heterocycles. The fourth-order valence-electron chi connectivity index (χ4n) is 1.46. The molecule has 1 aliphatic rings. The van der Waals surface area contributed by atoms with Crippen LogP contribution in [0.25, 0.3) is 0 Å². The predicted molar refractivity (Wildman–Crippen MR) is 62.7 cm³/mol. The predicted octanol–water partition coefficient (Wildman–Crippen LogP) is 2.88. The van der Waals surface area contributed by atoms with Crippen molar-refractivity contribution in [3.63, 3.8) is 0 Å². The van der Waals surface area contributed by atoms with Gasteiger partial charge < -0.3 is 4.74 Å². The van der Waals surface area contributed by atoms with Gasteiger partial charge in [0.2, 0.25) is 0 Å². The van der Waals surface area contributed by atoms with Gasteiger partial charge in [-0.25, -0.2) is 0 Å². The van der Waals surface area contributed by atoms with Crippen LogP contribution >= 0.6 is 28.3 Å².